The first kappa shape index (κ1) is 12.4. The summed E-state index contributed by atoms with van der Waals surface area (Å²) in [6, 6.07) is 0. The van der Waals surface area contributed by atoms with E-state index >= 15 is 0 Å². The summed E-state index contributed by atoms with van der Waals surface area (Å²) in [7, 11) is 0. The molecule has 0 aromatic rings. The molecule has 0 rings (SSSR count). The molecule has 0 bridgehead atoms. The van der Waals surface area contributed by atoms with Crippen LogP contribution in [0.15, 0.2) is 0 Å². The van der Waals surface area contributed by atoms with Crippen molar-refractivity contribution >= 4 is 5.97 Å². The predicted octanol–water partition coefficient (Wildman–Crippen LogP) is 0.809. The fraction of sp³-hybridized carbons (Fsp3) is 0.800. The molecule has 0 radical (unpaired) electrons. The summed E-state index contributed by atoms with van der Waals surface area (Å²) < 4.78 is 0. The van der Waals surface area contributed by atoms with Gasteiger partial charge in [0.25, 0.3) is 0 Å². The third-order valence-electron chi connectivity index (χ3n) is 1.96. The number of aliphatic carboxylic acids is 1. The molecule has 0 aliphatic carbocycles. The standard InChI is InChI=1S/C10H20NO2/c1-2-3-8-11-9-6-4-5-7-10(12)13/h11H,1-9H2,(H,12,13)/q-1/p+1. The topological polar surface area (TPSA) is 53.9 Å². The largest absolute Gasteiger partial charge is 0.481 e. The van der Waals surface area contributed by atoms with E-state index in [1.807, 2.05) is 0 Å². The van der Waals surface area contributed by atoms with Crippen LogP contribution in [0.2, 0.25) is 0 Å². The number of rotatable bonds is 9. The Kier molecular flexibility index (Phi) is 9.10. The summed E-state index contributed by atoms with van der Waals surface area (Å²) in [5.41, 5.74) is 0. The molecule has 0 aromatic carbocycles. The average Bonchev–Trinajstić information content (AvgIpc) is 2.09. The van der Waals surface area contributed by atoms with Crippen molar-refractivity contribution in [3.63, 3.8) is 0 Å². The molecular formula is C10H21NO2. The molecule has 3 heteroatoms. The molecule has 0 unspecified atom stereocenters. The Morgan fingerprint density at radius 3 is 2.46 bits per heavy atom. The van der Waals surface area contributed by atoms with E-state index < -0.39 is 5.97 Å². The minimum absolute atomic E-state index is 0.318. The lowest BCUT2D eigenvalue weighted by atomic mass is 10.2. The highest BCUT2D eigenvalue weighted by atomic mass is 16.4. The van der Waals surface area contributed by atoms with Gasteiger partial charge in [-0.1, -0.05) is 0 Å². The molecule has 78 valence electrons. The molecule has 0 fully saturated rings. The Hall–Kier alpha value is -0.570. The maximum absolute atomic E-state index is 10.2. The van der Waals surface area contributed by atoms with Crippen molar-refractivity contribution in [3.05, 3.63) is 6.92 Å². The fourth-order valence-electron chi connectivity index (χ4n) is 1.17. The Balaban J connectivity index is 2.87. The summed E-state index contributed by atoms with van der Waals surface area (Å²) in [4.78, 5) is 10.2. The normalized spacial score (nSPS) is 10.2. The number of hydrogen-bond acceptors (Lipinski definition) is 1. The van der Waals surface area contributed by atoms with Gasteiger partial charge in [0.15, 0.2) is 0 Å². The van der Waals surface area contributed by atoms with Crippen LogP contribution >= 0.6 is 0 Å². The third kappa shape index (κ3) is 11.4. The highest BCUT2D eigenvalue weighted by molar-refractivity contribution is 5.66. The number of hydrogen-bond donors (Lipinski definition) is 2. The Labute approximate surface area is 80.5 Å². The van der Waals surface area contributed by atoms with E-state index in [-0.39, 0.29) is 0 Å². The molecule has 0 heterocycles. The van der Waals surface area contributed by atoms with Gasteiger partial charge in [-0.2, -0.15) is 6.42 Å². The van der Waals surface area contributed by atoms with Crippen molar-refractivity contribution < 1.29 is 15.2 Å². The Bertz CT molecular complexity index is 126. The number of carboxylic acid groups (broad SMARTS) is 1. The summed E-state index contributed by atoms with van der Waals surface area (Å²) >= 11 is 0. The van der Waals surface area contributed by atoms with Crippen LogP contribution in [0.1, 0.15) is 38.5 Å². The van der Waals surface area contributed by atoms with Crippen LogP contribution in [0.5, 0.6) is 0 Å². The number of unbranched alkanes of at least 4 members (excludes halogenated alkanes) is 3. The lowest BCUT2D eigenvalue weighted by molar-refractivity contribution is -0.655. The lowest BCUT2D eigenvalue weighted by Crippen LogP contribution is -2.84. The maximum atomic E-state index is 10.2. The summed E-state index contributed by atoms with van der Waals surface area (Å²) in [6.07, 6.45) is 5.49. The van der Waals surface area contributed by atoms with E-state index in [0.29, 0.717) is 6.42 Å². The number of quaternary nitrogens is 1. The van der Waals surface area contributed by atoms with Gasteiger partial charge in [-0.15, -0.1) is 0 Å². The SMILES string of the molecule is [CH2-]CCC[NH2+]CCCCCC(=O)O. The minimum atomic E-state index is -0.680. The van der Waals surface area contributed by atoms with Crippen LogP contribution in [-0.4, -0.2) is 24.2 Å². The van der Waals surface area contributed by atoms with Gasteiger partial charge in [-0.3, -0.25) is 4.79 Å². The molecular weight excluding hydrogens is 166 g/mol. The number of carboxylic acids is 1. The molecule has 0 saturated carbocycles. The first-order valence-electron chi connectivity index (χ1n) is 5.10. The van der Waals surface area contributed by atoms with Crippen LogP contribution in [-0.2, 0) is 4.79 Å². The highest BCUT2D eigenvalue weighted by Gasteiger charge is 1.96. The first-order chi connectivity index (χ1) is 6.27. The average molecular weight is 187 g/mol. The first-order valence-corrected chi connectivity index (χ1v) is 5.10. The quantitative estimate of drug-likeness (QED) is 0.414. The lowest BCUT2D eigenvalue weighted by Gasteiger charge is -2.01. The van der Waals surface area contributed by atoms with Gasteiger partial charge < -0.3 is 17.3 Å². The van der Waals surface area contributed by atoms with Gasteiger partial charge in [0, 0.05) is 6.42 Å². The molecule has 13 heavy (non-hydrogen) atoms. The van der Waals surface area contributed by atoms with Crippen molar-refractivity contribution in [2.24, 2.45) is 0 Å². The zero-order valence-electron chi connectivity index (χ0n) is 8.30. The van der Waals surface area contributed by atoms with Gasteiger partial charge in [0.05, 0.1) is 13.1 Å². The molecule has 3 N–H and O–H groups in total. The molecule has 3 nitrogen and oxygen atoms in total. The van der Waals surface area contributed by atoms with Crippen molar-refractivity contribution in [1.82, 2.24) is 0 Å². The zero-order chi connectivity index (χ0) is 9.94. The minimum Gasteiger partial charge on any atom is -0.481 e. The van der Waals surface area contributed by atoms with E-state index in [4.69, 9.17) is 5.11 Å². The molecule has 0 aliphatic rings. The molecule has 0 aromatic heterocycles. The van der Waals surface area contributed by atoms with Crippen LogP contribution < -0.4 is 5.32 Å². The van der Waals surface area contributed by atoms with Gasteiger partial charge >= 0.3 is 5.97 Å². The third-order valence-corrected chi connectivity index (χ3v) is 1.96. The number of nitrogens with two attached hydrogens (primary N) is 1. The molecule has 0 atom stereocenters. The van der Waals surface area contributed by atoms with Gasteiger partial charge in [-0.25, -0.2) is 0 Å². The molecule has 0 spiro atoms. The van der Waals surface area contributed by atoms with Crippen LogP contribution in [0, 0.1) is 6.92 Å². The summed E-state index contributed by atoms with van der Waals surface area (Å²) in [5, 5.41) is 10.7. The van der Waals surface area contributed by atoms with Gasteiger partial charge in [0.2, 0.25) is 0 Å². The smallest absolute Gasteiger partial charge is 0.303 e. The second-order valence-corrected chi connectivity index (χ2v) is 3.28. The highest BCUT2D eigenvalue weighted by Crippen LogP contribution is 1.97. The van der Waals surface area contributed by atoms with Crippen LogP contribution in [0.25, 0.3) is 0 Å². The van der Waals surface area contributed by atoms with E-state index in [2.05, 4.69) is 12.2 Å². The molecule has 0 saturated heterocycles. The summed E-state index contributed by atoms with van der Waals surface area (Å²) in [6.45, 7) is 6.05. The molecule has 0 amide bonds. The zero-order valence-corrected chi connectivity index (χ0v) is 8.30. The second-order valence-electron chi connectivity index (χ2n) is 3.28. The monoisotopic (exact) mass is 187 g/mol. The number of carbonyl (C=O) groups is 1. The second kappa shape index (κ2) is 9.52. The predicted molar refractivity (Wildman–Crippen MR) is 52.4 cm³/mol. The van der Waals surface area contributed by atoms with E-state index in [1.165, 1.54) is 6.42 Å². The van der Waals surface area contributed by atoms with Crippen molar-refractivity contribution in [3.8, 4) is 0 Å². The van der Waals surface area contributed by atoms with Crippen LogP contribution in [0.3, 0.4) is 0 Å². The maximum Gasteiger partial charge on any atom is 0.303 e. The Morgan fingerprint density at radius 1 is 1.15 bits per heavy atom. The van der Waals surface area contributed by atoms with E-state index in [1.54, 1.807) is 0 Å². The fourth-order valence-corrected chi connectivity index (χ4v) is 1.17. The van der Waals surface area contributed by atoms with Gasteiger partial charge in [0.1, 0.15) is 0 Å². The van der Waals surface area contributed by atoms with Crippen molar-refractivity contribution in [1.29, 1.82) is 0 Å². The van der Waals surface area contributed by atoms with Crippen molar-refractivity contribution in [2.75, 3.05) is 13.1 Å². The van der Waals surface area contributed by atoms with Gasteiger partial charge in [-0.05, 0) is 25.7 Å². The van der Waals surface area contributed by atoms with E-state index in [0.717, 1.165) is 38.8 Å². The van der Waals surface area contributed by atoms with E-state index in [9.17, 15) is 4.79 Å². The molecule has 0 aliphatic heterocycles. The summed E-state index contributed by atoms with van der Waals surface area (Å²) in [5.74, 6) is -0.680. The van der Waals surface area contributed by atoms with Crippen molar-refractivity contribution in [2.45, 2.75) is 38.5 Å². The Morgan fingerprint density at radius 2 is 1.85 bits per heavy atom. The van der Waals surface area contributed by atoms with Crippen LogP contribution in [0.4, 0.5) is 0 Å².